The number of hydrogen-bond acceptors (Lipinski definition) is 5. The highest BCUT2D eigenvalue weighted by atomic mass is 16.3. The molecule has 0 saturated heterocycles. The van der Waals surface area contributed by atoms with Gasteiger partial charge in [0.25, 0.3) is 0 Å². The Morgan fingerprint density at radius 2 is 0.974 bits per heavy atom. The standard InChI is InChI=1S/C34H30O5/c1-33(2,3)24-15-18(16-25(32(24)39)34(4,5)6)27-28(31(38)22-14-10-9-13-21(22)30(27)37)23-17-26(35)19-11-7-8-12-20(19)29(23)36/h7-17,39H,1-6H3. The van der Waals surface area contributed by atoms with Gasteiger partial charge in [0.05, 0.1) is 0 Å². The van der Waals surface area contributed by atoms with E-state index in [9.17, 15) is 24.3 Å². The zero-order valence-corrected chi connectivity index (χ0v) is 22.9. The summed E-state index contributed by atoms with van der Waals surface area (Å²) >= 11 is 0. The smallest absolute Gasteiger partial charge is 0.195 e. The van der Waals surface area contributed by atoms with Gasteiger partial charge in [0.15, 0.2) is 23.1 Å². The van der Waals surface area contributed by atoms with Crippen LogP contribution in [0.4, 0.5) is 0 Å². The van der Waals surface area contributed by atoms with Crippen LogP contribution in [0.25, 0.3) is 5.57 Å². The number of ketones is 4. The van der Waals surface area contributed by atoms with Crippen molar-refractivity contribution in [2.45, 2.75) is 52.4 Å². The number of benzene rings is 3. The van der Waals surface area contributed by atoms with E-state index < -0.39 is 34.0 Å². The molecule has 0 unspecified atom stereocenters. The van der Waals surface area contributed by atoms with Crippen molar-refractivity contribution in [2.24, 2.45) is 0 Å². The van der Waals surface area contributed by atoms with E-state index in [1.54, 1.807) is 60.7 Å². The number of carbonyl (C=O) groups excluding carboxylic acids is 4. The van der Waals surface area contributed by atoms with Gasteiger partial charge in [-0.2, -0.15) is 0 Å². The van der Waals surface area contributed by atoms with Crippen molar-refractivity contribution in [1.29, 1.82) is 0 Å². The number of phenols is 1. The average molecular weight is 519 g/mol. The highest BCUT2D eigenvalue weighted by Gasteiger charge is 2.40. The van der Waals surface area contributed by atoms with E-state index in [-0.39, 0.29) is 44.7 Å². The molecule has 196 valence electrons. The van der Waals surface area contributed by atoms with E-state index in [0.29, 0.717) is 16.7 Å². The number of carbonyl (C=O) groups is 4. The molecular weight excluding hydrogens is 488 g/mol. The number of allylic oxidation sites excluding steroid dienone is 4. The van der Waals surface area contributed by atoms with E-state index in [1.807, 2.05) is 41.5 Å². The summed E-state index contributed by atoms with van der Waals surface area (Å²) in [6, 6.07) is 16.4. The summed E-state index contributed by atoms with van der Waals surface area (Å²) in [7, 11) is 0. The second-order valence-electron chi connectivity index (χ2n) is 12.2. The van der Waals surface area contributed by atoms with Crippen molar-refractivity contribution in [3.63, 3.8) is 0 Å². The summed E-state index contributed by atoms with van der Waals surface area (Å²) in [4.78, 5) is 55.1. The molecule has 0 spiro atoms. The molecule has 0 aliphatic heterocycles. The minimum absolute atomic E-state index is 0.0569. The summed E-state index contributed by atoms with van der Waals surface area (Å²) in [5.74, 6) is -1.65. The molecule has 0 bridgehead atoms. The number of Topliss-reactive ketones (excluding diaryl/α,β-unsaturated/α-hetero) is 3. The van der Waals surface area contributed by atoms with Crippen molar-refractivity contribution < 1.29 is 24.3 Å². The van der Waals surface area contributed by atoms with Crippen LogP contribution in [0.15, 0.2) is 77.9 Å². The quantitative estimate of drug-likeness (QED) is 0.402. The molecule has 0 atom stereocenters. The van der Waals surface area contributed by atoms with Crippen LogP contribution in [-0.4, -0.2) is 28.2 Å². The second kappa shape index (κ2) is 8.84. The number of aromatic hydroxyl groups is 1. The molecule has 0 saturated carbocycles. The van der Waals surface area contributed by atoms with Crippen molar-refractivity contribution in [2.75, 3.05) is 0 Å². The lowest BCUT2D eigenvalue weighted by atomic mass is 9.72. The minimum Gasteiger partial charge on any atom is -0.507 e. The highest BCUT2D eigenvalue weighted by Crippen LogP contribution is 2.44. The van der Waals surface area contributed by atoms with Crippen LogP contribution in [0.3, 0.4) is 0 Å². The van der Waals surface area contributed by atoms with Gasteiger partial charge < -0.3 is 5.11 Å². The molecule has 2 aliphatic carbocycles. The zero-order chi connectivity index (χ0) is 28.4. The van der Waals surface area contributed by atoms with Gasteiger partial charge in [0.2, 0.25) is 0 Å². The van der Waals surface area contributed by atoms with E-state index in [1.165, 1.54) is 6.08 Å². The lowest BCUT2D eigenvalue weighted by Crippen LogP contribution is -2.28. The van der Waals surface area contributed by atoms with Gasteiger partial charge in [-0.1, -0.05) is 90.1 Å². The predicted molar refractivity (Wildman–Crippen MR) is 151 cm³/mol. The van der Waals surface area contributed by atoms with E-state index in [0.717, 1.165) is 0 Å². The molecule has 5 nitrogen and oxygen atoms in total. The number of phenolic OH excluding ortho intramolecular Hbond substituents is 1. The normalized spacial score (nSPS) is 15.8. The van der Waals surface area contributed by atoms with Crippen molar-refractivity contribution in [3.05, 3.63) is 117 Å². The third kappa shape index (κ3) is 4.19. The zero-order valence-electron chi connectivity index (χ0n) is 22.9. The topological polar surface area (TPSA) is 88.5 Å². The van der Waals surface area contributed by atoms with Gasteiger partial charge in [0, 0.05) is 50.1 Å². The monoisotopic (exact) mass is 518 g/mol. The van der Waals surface area contributed by atoms with Gasteiger partial charge >= 0.3 is 0 Å². The van der Waals surface area contributed by atoms with Crippen molar-refractivity contribution in [3.8, 4) is 5.75 Å². The van der Waals surface area contributed by atoms with Gasteiger partial charge in [-0.3, -0.25) is 19.2 Å². The molecule has 5 heteroatoms. The molecule has 2 aliphatic rings. The van der Waals surface area contributed by atoms with Crippen LogP contribution >= 0.6 is 0 Å². The van der Waals surface area contributed by atoms with Crippen LogP contribution in [0.1, 0.15) is 99.7 Å². The molecule has 3 aromatic rings. The van der Waals surface area contributed by atoms with Crippen LogP contribution in [0.2, 0.25) is 0 Å². The van der Waals surface area contributed by atoms with Gasteiger partial charge in [-0.25, -0.2) is 0 Å². The lowest BCUT2D eigenvalue weighted by molar-refractivity contribution is 0.0966. The number of hydrogen-bond donors (Lipinski definition) is 1. The maximum Gasteiger partial charge on any atom is 0.195 e. The first-order chi connectivity index (χ1) is 18.2. The first kappa shape index (κ1) is 26.2. The van der Waals surface area contributed by atoms with Crippen LogP contribution in [0, 0.1) is 0 Å². The molecule has 0 radical (unpaired) electrons. The highest BCUT2D eigenvalue weighted by molar-refractivity contribution is 6.45. The molecule has 0 aromatic heterocycles. The first-order valence-electron chi connectivity index (χ1n) is 12.9. The number of rotatable bonds is 2. The van der Waals surface area contributed by atoms with E-state index >= 15 is 0 Å². The molecule has 39 heavy (non-hydrogen) atoms. The third-order valence-electron chi connectivity index (χ3n) is 7.36. The van der Waals surface area contributed by atoms with Crippen LogP contribution in [0.5, 0.6) is 5.75 Å². The van der Waals surface area contributed by atoms with E-state index in [2.05, 4.69) is 0 Å². The van der Waals surface area contributed by atoms with E-state index in [4.69, 9.17) is 0 Å². The molecule has 0 fully saturated rings. The summed E-state index contributed by atoms with van der Waals surface area (Å²) < 4.78 is 0. The molecular formula is C34H30O5. The maximum atomic E-state index is 14.2. The summed E-state index contributed by atoms with van der Waals surface area (Å²) in [5, 5.41) is 11.3. The molecule has 5 rings (SSSR count). The molecule has 1 N–H and O–H groups in total. The largest absolute Gasteiger partial charge is 0.507 e. The Morgan fingerprint density at radius 3 is 1.44 bits per heavy atom. The first-order valence-corrected chi connectivity index (χ1v) is 12.9. The Labute approximate surface area is 227 Å². The second-order valence-corrected chi connectivity index (χ2v) is 12.2. The Morgan fingerprint density at radius 1 is 0.564 bits per heavy atom. The Kier molecular flexibility index (Phi) is 5.95. The third-order valence-corrected chi connectivity index (χ3v) is 7.36. The molecule has 3 aromatic carbocycles. The fourth-order valence-corrected chi connectivity index (χ4v) is 5.33. The van der Waals surface area contributed by atoms with Gasteiger partial charge in [0.1, 0.15) is 5.75 Å². The lowest BCUT2D eigenvalue weighted by Gasteiger charge is -2.30. The minimum atomic E-state index is -0.491. The van der Waals surface area contributed by atoms with Crippen molar-refractivity contribution in [1.82, 2.24) is 0 Å². The Balaban J connectivity index is 1.89. The Bertz CT molecular complexity index is 1650. The van der Waals surface area contributed by atoms with Gasteiger partial charge in [-0.15, -0.1) is 0 Å². The Hall–Kier alpha value is -4.38. The SMILES string of the molecule is CC(C)(C)c1cc(C2=C(C3=CC(=O)c4ccccc4C3=O)C(=O)c3ccccc3C2=O)cc(C(C)(C)C)c1O. The van der Waals surface area contributed by atoms with Gasteiger partial charge in [-0.05, 0) is 34.6 Å². The predicted octanol–water partition coefficient (Wildman–Crippen LogP) is 6.83. The summed E-state index contributed by atoms with van der Waals surface area (Å²) in [6.45, 7) is 11.7. The average Bonchev–Trinajstić information content (AvgIpc) is 2.87. The fourth-order valence-electron chi connectivity index (χ4n) is 5.33. The summed E-state index contributed by atoms with van der Waals surface area (Å²) in [5.41, 5.74) is 1.42. The number of fused-ring (bicyclic) bond motifs is 2. The fraction of sp³-hybridized carbons (Fsp3) is 0.235. The van der Waals surface area contributed by atoms with Crippen molar-refractivity contribution >= 4 is 28.7 Å². The molecule has 0 heterocycles. The van der Waals surface area contributed by atoms with Crippen LogP contribution < -0.4 is 0 Å². The maximum absolute atomic E-state index is 14.2. The van der Waals surface area contributed by atoms with Crippen LogP contribution in [-0.2, 0) is 10.8 Å². The molecule has 0 amide bonds. The summed E-state index contributed by atoms with van der Waals surface area (Å²) in [6.07, 6.45) is 1.18.